The summed E-state index contributed by atoms with van der Waals surface area (Å²) < 4.78 is 13.5. The number of halogens is 1. The van der Waals surface area contributed by atoms with E-state index < -0.39 is 0 Å². The van der Waals surface area contributed by atoms with E-state index >= 15 is 0 Å². The Kier molecular flexibility index (Phi) is 5.65. The molecule has 0 aliphatic heterocycles. The van der Waals surface area contributed by atoms with Gasteiger partial charge in [-0.05, 0) is 60.4 Å². The van der Waals surface area contributed by atoms with Gasteiger partial charge in [0.15, 0.2) is 0 Å². The average Bonchev–Trinajstić information content (AvgIpc) is 3.73. The lowest BCUT2D eigenvalue weighted by Gasteiger charge is -2.11. The van der Waals surface area contributed by atoms with E-state index in [9.17, 15) is 9.18 Å². The predicted octanol–water partition coefficient (Wildman–Crippen LogP) is 7.10. The zero-order valence-electron chi connectivity index (χ0n) is 21.0. The maximum Gasteiger partial charge on any atom is 0.227 e. The van der Waals surface area contributed by atoms with Gasteiger partial charge in [0.25, 0.3) is 0 Å². The number of H-pyrrole nitrogens is 2. The smallest absolute Gasteiger partial charge is 0.227 e. The summed E-state index contributed by atoms with van der Waals surface area (Å²) in [5, 5.41) is 12.7. The number of pyridine rings is 2. The van der Waals surface area contributed by atoms with E-state index in [1.165, 1.54) is 12.1 Å². The Balaban J connectivity index is 1.24. The van der Waals surface area contributed by atoms with Crippen molar-refractivity contribution in [3.63, 3.8) is 0 Å². The molecule has 6 aromatic rings. The van der Waals surface area contributed by atoms with E-state index in [0.29, 0.717) is 5.69 Å². The van der Waals surface area contributed by atoms with Crippen LogP contribution >= 0.6 is 0 Å². The number of hydrogen-bond donors (Lipinski definition) is 3. The number of aromatic amines is 2. The number of anilines is 1. The summed E-state index contributed by atoms with van der Waals surface area (Å²) in [6, 6.07) is 16.5. The quantitative estimate of drug-likeness (QED) is 0.227. The normalized spacial score (nSPS) is 13.9. The van der Waals surface area contributed by atoms with Gasteiger partial charge in [0.1, 0.15) is 11.5 Å². The van der Waals surface area contributed by atoms with Crippen LogP contribution in [0.2, 0.25) is 0 Å². The second-order valence-corrected chi connectivity index (χ2v) is 10.1. The van der Waals surface area contributed by atoms with E-state index in [2.05, 4.69) is 42.6 Å². The maximum atomic E-state index is 13.5. The van der Waals surface area contributed by atoms with Crippen molar-refractivity contribution < 1.29 is 9.18 Å². The van der Waals surface area contributed by atoms with Gasteiger partial charge in [-0.15, -0.1) is 0 Å². The number of nitrogens with zero attached hydrogens (tertiary/aromatic N) is 3. The Morgan fingerprint density at radius 3 is 2.46 bits per heavy atom. The Morgan fingerprint density at radius 2 is 1.62 bits per heavy atom. The fraction of sp³-hybridized carbons (Fsp3) is 0.161. The molecule has 7 rings (SSSR count). The monoisotopic (exact) mass is 516 g/mol. The molecule has 39 heavy (non-hydrogen) atoms. The molecule has 1 aliphatic rings. The van der Waals surface area contributed by atoms with Crippen molar-refractivity contribution in [2.75, 3.05) is 5.32 Å². The second kappa shape index (κ2) is 9.47. The van der Waals surface area contributed by atoms with Crippen LogP contribution in [0.15, 0.2) is 79.4 Å². The Hall–Kier alpha value is -4.85. The molecule has 1 amide bonds. The van der Waals surface area contributed by atoms with E-state index in [0.717, 1.165) is 81.1 Å². The number of benzene rings is 2. The van der Waals surface area contributed by atoms with Crippen LogP contribution in [0.3, 0.4) is 0 Å². The maximum absolute atomic E-state index is 13.5. The average molecular weight is 517 g/mol. The minimum Gasteiger partial charge on any atom is -0.352 e. The van der Waals surface area contributed by atoms with Crippen LogP contribution in [0, 0.1) is 11.7 Å². The summed E-state index contributed by atoms with van der Waals surface area (Å²) in [7, 11) is 0. The number of nitrogens with one attached hydrogen (secondary N) is 3. The van der Waals surface area contributed by atoms with Crippen LogP contribution in [0.4, 0.5) is 10.1 Å². The first kappa shape index (κ1) is 23.3. The van der Waals surface area contributed by atoms with Gasteiger partial charge in [-0.3, -0.25) is 19.9 Å². The first-order valence-electron chi connectivity index (χ1n) is 13.1. The van der Waals surface area contributed by atoms with Gasteiger partial charge in [0.05, 0.1) is 34.8 Å². The zero-order valence-corrected chi connectivity index (χ0v) is 21.0. The molecule has 0 spiro atoms. The molecule has 3 N–H and O–H groups in total. The molecule has 8 heteroatoms. The molecule has 192 valence electrons. The second-order valence-electron chi connectivity index (χ2n) is 10.1. The molecular formula is C31H25FN6O. The standard InChI is InChI=1S/C31H25FN6O/c32-22-8-5-18(6-9-22)26-16-34-17-29-24(26)13-28(36-29)30-25-12-20(7-10-27(25)37-38-30)21-11-23(15-33-14-21)35-31(39)19-3-1-2-4-19/h5-17,19,36H,1-4H2,(H,35,39)(H,37,38). The molecule has 4 heterocycles. The van der Waals surface area contributed by atoms with Gasteiger partial charge in [-0.1, -0.05) is 31.0 Å². The highest BCUT2D eigenvalue weighted by molar-refractivity contribution is 6.01. The van der Waals surface area contributed by atoms with Crippen LogP contribution in [-0.4, -0.2) is 31.1 Å². The summed E-state index contributed by atoms with van der Waals surface area (Å²) in [4.78, 5) is 24.9. The summed E-state index contributed by atoms with van der Waals surface area (Å²) in [5.74, 6) is -0.106. The molecule has 1 aliphatic carbocycles. The van der Waals surface area contributed by atoms with E-state index in [4.69, 9.17) is 0 Å². The highest BCUT2D eigenvalue weighted by Crippen LogP contribution is 2.35. The van der Waals surface area contributed by atoms with E-state index in [1.54, 1.807) is 36.9 Å². The molecule has 4 aromatic heterocycles. The molecule has 0 unspecified atom stereocenters. The molecule has 0 radical (unpaired) electrons. The molecule has 0 saturated heterocycles. The van der Waals surface area contributed by atoms with Gasteiger partial charge in [0, 0.05) is 40.2 Å². The van der Waals surface area contributed by atoms with Gasteiger partial charge in [-0.2, -0.15) is 5.10 Å². The lowest BCUT2D eigenvalue weighted by atomic mass is 10.0. The van der Waals surface area contributed by atoms with Gasteiger partial charge < -0.3 is 10.3 Å². The number of aromatic nitrogens is 5. The van der Waals surface area contributed by atoms with Crippen LogP contribution in [0.25, 0.3) is 55.4 Å². The number of carbonyl (C=O) groups is 1. The van der Waals surface area contributed by atoms with Crippen molar-refractivity contribution >= 4 is 33.4 Å². The Morgan fingerprint density at radius 1 is 0.821 bits per heavy atom. The molecule has 0 atom stereocenters. The largest absolute Gasteiger partial charge is 0.352 e. The van der Waals surface area contributed by atoms with Crippen molar-refractivity contribution in [1.82, 2.24) is 25.1 Å². The topological polar surface area (TPSA) is 99.3 Å². The summed E-state index contributed by atoms with van der Waals surface area (Å²) in [6.07, 6.45) is 11.2. The van der Waals surface area contributed by atoms with Gasteiger partial charge in [-0.25, -0.2) is 4.39 Å². The van der Waals surface area contributed by atoms with Gasteiger partial charge >= 0.3 is 0 Å². The summed E-state index contributed by atoms with van der Waals surface area (Å²) in [5.41, 5.74) is 7.80. The number of rotatable bonds is 5. The lowest BCUT2D eigenvalue weighted by Crippen LogP contribution is -2.20. The molecule has 1 fully saturated rings. The minimum absolute atomic E-state index is 0.0762. The minimum atomic E-state index is -0.274. The number of hydrogen-bond acceptors (Lipinski definition) is 4. The fourth-order valence-corrected chi connectivity index (χ4v) is 5.54. The van der Waals surface area contributed by atoms with Gasteiger partial charge in [0.2, 0.25) is 5.91 Å². The van der Waals surface area contributed by atoms with Crippen LogP contribution in [0.1, 0.15) is 25.7 Å². The van der Waals surface area contributed by atoms with E-state index in [-0.39, 0.29) is 17.6 Å². The lowest BCUT2D eigenvalue weighted by molar-refractivity contribution is -0.119. The molecule has 1 saturated carbocycles. The molecule has 2 aromatic carbocycles. The van der Waals surface area contributed by atoms with Crippen LogP contribution < -0.4 is 5.32 Å². The SMILES string of the molecule is O=C(Nc1cncc(-c2ccc3[nH]nc(-c4cc5c(-c6ccc(F)cc6)cncc5[nH]4)c3c2)c1)C1CCCC1. The number of carbonyl (C=O) groups excluding carboxylic acids is 1. The number of fused-ring (bicyclic) bond motifs is 2. The summed E-state index contributed by atoms with van der Waals surface area (Å²) >= 11 is 0. The Labute approximate surface area is 223 Å². The van der Waals surface area contributed by atoms with Crippen molar-refractivity contribution in [2.45, 2.75) is 25.7 Å². The Bertz CT molecular complexity index is 1830. The summed E-state index contributed by atoms with van der Waals surface area (Å²) in [6.45, 7) is 0. The highest BCUT2D eigenvalue weighted by Gasteiger charge is 2.23. The fourth-order valence-electron chi connectivity index (χ4n) is 5.54. The van der Waals surface area contributed by atoms with Crippen molar-refractivity contribution in [3.8, 4) is 33.6 Å². The third kappa shape index (κ3) is 4.33. The van der Waals surface area contributed by atoms with Crippen molar-refractivity contribution in [1.29, 1.82) is 0 Å². The first-order chi connectivity index (χ1) is 19.1. The number of amides is 1. The van der Waals surface area contributed by atoms with Crippen molar-refractivity contribution in [2.24, 2.45) is 5.92 Å². The third-order valence-corrected chi connectivity index (χ3v) is 7.58. The molecular weight excluding hydrogens is 491 g/mol. The van der Waals surface area contributed by atoms with Crippen molar-refractivity contribution in [3.05, 3.63) is 85.2 Å². The molecule has 7 nitrogen and oxygen atoms in total. The van der Waals surface area contributed by atoms with E-state index in [1.807, 2.05) is 18.2 Å². The predicted molar refractivity (Wildman–Crippen MR) is 150 cm³/mol. The first-order valence-corrected chi connectivity index (χ1v) is 13.1. The van der Waals surface area contributed by atoms with Crippen LogP contribution in [0.5, 0.6) is 0 Å². The molecule has 0 bridgehead atoms. The van der Waals surface area contributed by atoms with Crippen LogP contribution in [-0.2, 0) is 4.79 Å². The zero-order chi connectivity index (χ0) is 26.3. The highest BCUT2D eigenvalue weighted by atomic mass is 19.1. The third-order valence-electron chi connectivity index (χ3n) is 7.58.